The number of nitrogens with one attached hydrogen (secondary N) is 1. The summed E-state index contributed by atoms with van der Waals surface area (Å²) in [5, 5.41) is 3.37. The Hall–Kier alpha value is -0.640. The summed E-state index contributed by atoms with van der Waals surface area (Å²) in [5.41, 5.74) is 2.56. The third kappa shape index (κ3) is 1.73. The van der Waals surface area contributed by atoms with Gasteiger partial charge < -0.3 is 0 Å². The van der Waals surface area contributed by atoms with Crippen LogP contribution in [-0.2, 0) is 12.8 Å². The zero-order chi connectivity index (χ0) is 11.0. The molecule has 88 valence electrons. The van der Waals surface area contributed by atoms with Crippen LogP contribution in [-0.4, -0.2) is 21.3 Å². The van der Waals surface area contributed by atoms with Gasteiger partial charge in [-0.1, -0.05) is 0 Å². The summed E-state index contributed by atoms with van der Waals surface area (Å²) in [6.07, 6.45) is 6.75. The smallest absolute Gasteiger partial charge is 0.270 e. The van der Waals surface area contributed by atoms with Crippen molar-refractivity contribution >= 4 is 11.8 Å². The first-order valence-corrected chi connectivity index (χ1v) is 7.42. The zero-order valence-electron chi connectivity index (χ0n) is 9.50. The Bertz CT molecular complexity index is 429. The number of hydrogen-bond acceptors (Lipinski definition) is 2. The minimum atomic E-state index is 0.270. The van der Waals surface area contributed by atoms with Crippen LogP contribution in [0.15, 0.2) is 4.79 Å². The largest absolute Gasteiger partial charge is 0.299 e. The molecule has 2 heterocycles. The van der Waals surface area contributed by atoms with Crippen LogP contribution in [0.2, 0.25) is 0 Å². The summed E-state index contributed by atoms with van der Waals surface area (Å²) in [5.74, 6) is 2.39. The number of aromatic amines is 1. The van der Waals surface area contributed by atoms with Crippen molar-refractivity contribution in [3.63, 3.8) is 0 Å². The molecule has 0 bridgehead atoms. The Morgan fingerprint density at radius 1 is 1.19 bits per heavy atom. The number of thioether (sulfide) groups is 1. The van der Waals surface area contributed by atoms with Gasteiger partial charge in [-0.15, -0.1) is 0 Å². The maximum atomic E-state index is 12.2. The molecule has 0 atom stereocenters. The lowest BCUT2D eigenvalue weighted by atomic mass is 9.98. The standard InChI is InChI=1S/C12H18N2OS/c15-12-10-3-1-2-4-11(10)13-14(12)9-5-7-16-8-6-9/h9,13H,1-8H2. The second-order valence-corrected chi connectivity index (χ2v) is 6.02. The molecule has 0 unspecified atom stereocenters. The summed E-state index contributed by atoms with van der Waals surface area (Å²) in [7, 11) is 0. The van der Waals surface area contributed by atoms with Crippen molar-refractivity contribution in [1.82, 2.24) is 9.78 Å². The molecule has 0 radical (unpaired) electrons. The van der Waals surface area contributed by atoms with Crippen LogP contribution in [0.4, 0.5) is 0 Å². The summed E-state index contributed by atoms with van der Waals surface area (Å²) >= 11 is 2.00. The number of aryl methyl sites for hydroxylation is 1. The summed E-state index contributed by atoms with van der Waals surface area (Å²) in [6.45, 7) is 0. The average molecular weight is 238 g/mol. The molecule has 0 saturated carbocycles. The molecule has 16 heavy (non-hydrogen) atoms. The average Bonchev–Trinajstić information content (AvgIpc) is 2.69. The third-order valence-corrected chi connectivity index (χ3v) is 4.80. The molecule has 3 rings (SSSR count). The van der Waals surface area contributed by atoms with E-state index in [4.69, 9.17) is 0 Å². The third-order valence-electron chi connectivity index (χ3n) is 3.76. The van der Waals surface area contributed by atoms with Gasteiger partial charge >= 0.3 is 0 Å². The van der Waals surface area contributed by atoms with Crippen LogP contribution in [0.3, 0.4) is 0 Å². The Kier molecular flexibility index (Phi) is 2.84. The molecule has 1 aromatic rings. The lowest BCUT2D eigenvalue weighted by Gasteiger charge is -2.21. The second-order valence-electron chi connectivity index (χ2n) is 4.79. The minimum Gasteiger partial charge on any atom is -0.299 e. The highest BCUT2D eigenvalue weighted by Crippen LogP contribution is 2.26. The number of fused-ring (bicyclic) bond motifs is 1. The predicted molar refractivity (Wildman–Crippen MR) is 67.3 cm³/mol. The minimum absolute atomic E-state index is 0.270. The van der Waals surface area contributed by atoms with E-state index in [0.717, 1.165) is 31.2 Å². The molecule has 2 aliphatic rings. The van der Waals surface area contributed by atoms with E-state index in [1.54, 1.807) is 0 Å². The molecule has 4 heteroatoms. The maximum Gasteiger partial charge on any atom is 0.270 e. The van der Waals surface area contributed by atoms with E-state index in [9.17, 15) is 4.79 Å². The predicted octanol–water partition coefficient (Wildman–Crippen LogP) is 2.12. The highest BCUT2D eigenvalue weighted by atomic mass is 32.2. The maximum absolute atomic E-state index is 12.2. The first-order chi connectivity index (χ1) is 7.86. The van der Waals surface area contributed by atoms with Gasteiger partial charge in [0.25, 0.3) is 5.56 Å². The van der Waals surface area contributed by atoms with Crippen LogP contribution in [0, 0.1) is 0 Å². The van der Waals surface area contributed by atoms with Crippen molar-refractivity contribution in [2.75, 3.05) is 11.5 Å². The molecule has 1 aromatic heterocycles. The van der Waals surface area contributed by atoms with Gasteiger partial charge in [0, 0.05) is 11.3 Å². The van der Waals surface area contributed by atoms with E-state index < -0.39 is 0 Å². The van der Waals surface area contributed by atoms with Gasteiger partial charge in [-0.05, 0) is 50.0 Å². The van der Waals surface area contributed by atoms with E-state index in [1.165, 1.54) is 30.0 Å². The van der Waals surface area contributed by atoms with Gasteiger partial charge in [-0.25, -0.2) is 4.68 Å². The number of H-pyrrole nitrogens is 1. The van der Waals surface area contributed by atoms with Gasteiger partial charge in [0.05, 0.1) is 6.04 Å². The van der Waals surface area contributed by atoms with Gasteiger partial charge in [-0.3, -0.25) is 9.89 Å². The van der Waals surface area contributed by atoms with Crippen molar-refractivity contribution in [2.24, 2.45) is 0 Å². The van der Waals surface area contributed by atoms with E-state index >= 15 is 0 Å². The number of rotatable bonds is 1. The lowest BCUT2D eigenvalue weighted by Crippen LogP contribution is -2.26. The molecule has 0 amide bonds. The molecule has 0 spiro atoms. The van der Waals surface area contributed by atoms with E-state index in [2.05, 4.69) is 5.10 Å². The van der Waals surface area contributed by atoms with E-state index in [1.807, 2.05) is 16.4 Å². The highest BCUT2D eigenvalue weighted by Gasteiger charge is 2.23. The van der Waals surface area contributed by atoms with Crippen molar-refractivity contribution in [3.8, 4) is 0 Å². The van der Waals surface area contributed by atoms with Gasteiger partial charge in [0.1, 0.15) is 0 Å². The first kappa shape index (κ1) is 10.5. The Balaban J connectivity index is 1.94. The number of hydrogen-bond donors (Lipinski definition) is 1. The van der Waals surface area contributed by atoms with E-state index in [0.29, 0.717) is 6.04 Å². The topological polar surface area (TPSA) is 37.8 Å². The fraction of sp³-hybridized carbons (Fsp3) is 0.750. The number of aromatic nitrogens is 2. The van der Waals surface area contributed by atoms with Crippen LogP contribution in [0.5, 0.6) is 0 Å². The number of nitrogens with zero attached hydrogens (tertiary/aromatic N) is 1. The quantitative estimate of drug-likeness (QED) is 0.814. The summed E-state index contributed by atoms with van der Waals surface area (Å²) in [6, 6.07) is 0.430. The van der Waals surface area contributed by atoms with Crippen molar-refractivity contribution in [3.05, 3.63) is 21.6 Å². The molecule has 3 nitrogen and oxygen atoms in total. The summed E-state index contributed by atoms with van der Waals surface area (Å²) < 4.78 is 1.93. The Morgan fingerprint density at radius 2 is 1.94 bits per heavy atom. The first-order valence-electron chi connectivity index (χ1n) is 6.26. The lowest BCUT2D eigenvalue weighted by molar-refractivity contribution is 0.413. The molecule has 1 saturated heterocycles. The van der Waals surface area contributed by atoms with Gasteiger partial charge in [0.15, 0.2) is 0 Å². The molecular formula is C12H18N2OS. The van der Waals surface area contributed by atoms with E-state index in [-0.39, 0.29) is 5.56 Å². The fourth-order valence-corrected chi connectivity index (χ4v) is 3.89. The fourth-order valence-electron chi connectivity index (χ4n) is 2.81. The van der Waals surface area contributed by atoms with Crippen LogP contribution < -0.4 is 5.56 Å². The zero-order valence-corrected chi connectivity index (χ0v) is 10.3. The molecule has 1 aliphatic carbocycles. The normalized spacial score (nSPS) is 22.0. The molecule has 1 N–H and O–H groups in total. The monoisotopic (exact) mass is 238 g/mol. The van der Waals surface area contributed by atoms with Crippen molar-refractivity contribution in [1.29, 1.82) is 0 Å². The van der Waals surface area contributed by atoms with Crippen LogP contribution >= 0.6 is 11.8 Å². The Morgan fingerprint density at radius 3 is 2.69 bits per heavy atom. The molecule has 1 fully saturated rings. The van der Waals surface area contributed by atoms with Gasteiger partial charge in [0.2, 0.25) is 0 Å². The molecular weight excluding hydrogens is 220 g/mol. The second kappa shape index (κ2) is 4.32. The van der Waals surface area contributed by atoms with Crippen molar-refractivity contribution < 1.29 is 0 Å². The highest BCUT2D eigenvalue weighted by molar-refractivity contribution is 7.99. The van der Waals surface area contributed by atoms with Crippen LogP contribution in [0.1, 0.15) is 43.0 Å². The molecule has 0 aromatic carbocycles. The molecule has 1 aliphatic heterocycles. The SMILES string of the molecule is O=c1c2c([nH]n1C1CCSCC1)CCCC2. The Labute approximate surface area is 99.6 Å². The van der Waals surface area contributed by atoms with Crippen molar-refractivity contribution in [2.45, 2.75) is 44.6 Å². The summed E-state index contributed by atoms with van der Waals surface area (Å²) in [4.78, 5) is 12.2. The van der Waals surface area contributed by atoms with Crippen LogP contribution in [0.25, 0.3) is 0 Å². The van der Waals surface area contributed by atoms with Gasteiger partial charge in [-0.2, -0.15) is 11.8 Å².